The van der Waals surface area contributed by atoms with E-state index >= 15 is 0 Å². The van der Waals surface area contributed by atoms with Crippen molar-refractivity contribution in [1.29, 1.82) is 0 Å². The van der Waals surface area contributed by atoms with E-state index in [1.165, 1.54) is 11.6 Å². The molecule has 2 heterocycles. The third kappa shape index (κ3) is 4.71. The molecular weight excluding hydrogens is 392 g/mol. The van der Waals surface area contributed by atoms with Crippen molar-refractivity contribution in [3.63, 3.8) is 0 Å². The summed E-state index contributed by atoms with van der Waals surface area (Å²) in [6.45, 7) is 10.0. The summed E-state index contributed by atoms with van der Waals surface area (Å²) in [5, 5.41) is 26.1. The molecule has 31 heavy (non-hydrogen) atoms. The van der Waals surface area contributed by atoms with Gasteiger partial charge in [-0.2, -0.15) is 0 Å². The van der Waals surface area contributed by atoms with E-state index in [2.05, 4.69) is 29.6 Å². The van der Waals surface area contributed by atoms with Crippen LogP contribution in [-0.2, 0) is 16.0 Å². The predicted octanol–water partition coefficient (Wildman–Crippen LogP) is 3.89. The number of hydrogen-bond donors (Lipinski definition) is 3. The van der Waals surface area contributed by atoms with E-state index in [-0.39, 0.29) is 23.5 Å². The lowest BCUT2D eigenvalue weighted by Crippen LogP contribution is -2.39. The maximum Gasteiger partial charge on any atom is 0.163 e. The van der Waals surface area contributed by atoms with Crippen molar-refractivity contribution in [2.45, 2.75) is 39.2 Å². The molecule has 0 aromatic heterocycles. The standard InChI is InChI=1S/C25H32N2O4/c1-4-27-15-22(18-7-5-17(6-8-18)11-19-14-26-9-10-30-19)25(31-27)21-12-20(16(2)3)23(28)13-24(21)29/h5-8,12-13,16,19,26,28-29H,4,9-11,14-15H2,1-3H3. The van der Waals surface area contributed by atoms with E-state index < -0.39 is 0 Å². The van der Waals surface area contributed by atoms with Crippen molar-refractivity contribution in [1.82, 2.24) is 10.4 Å². The molecule has 4 rings (SSSR count). The minimum atomic E-state index is 0.0194. The van der Waals surface area contributed by atoms with Gasteiger partial charge in [0, 0.05) is 31.3 Å². The first-order chi connectivity index (χ1) is 15.0. The molecule has 0 bridgehead atoms. The van der Waals surface area contributed by atoms with E-state index in [1.807, 2.05) is 31.9 Å². The number of phenols is 2. The number of likely N-dealkylation sites (N-methyl/N-ethyl adjacent to an activating group) is 1. The van der Waals surface area contributed by atoms with Gasteiger partial charge in [-0.25, -0.2) is 0 Å². The molecule has 3 N–H and O–H groups in total. The number of phenolic OH excluding ortho intramolecular Hbond substituents is 2. The van der Waals surface area contributed by atoms with Crippen molar-refractivity contribution < 1.29 is 19.8 Å². The van der Waals surface area contributed by atoms with Crippen LogP contribution < -0.4 is 5.32 Å². The molecular formula is C25H32N2O4. The third-order valence-electron chi connectivity index (χ3n) is 5.96. The van der Waals surface area contributed by atoms with Gasteiger partial charge in [-0.05, 0) is 42.0 Å². The van der Waals surface area contributed by atoms with Crippen molar-refractivity contribution in [3.8, 4) is 11.5 Å². The van der Waals surface area contributed by atoms with Gasteiger partial charge in [-0.15, -0.1) is 5.06 Å². The molecule has 1 fully saturated rings. The Balaban J connectivity index is 1.66. The van der Waals surface area contributed by atoms with Crippen LogP contribution in [0, 0.1) is 0 Å². The molecule has 1 saturated heterocycles. The molecule has 2 aromatic carbocycles. The summed E-state index contributed by atoms with van der Waals surface area (Å²) in [7, 11) is 0. The molecule has 1 atom stereocenters. The number of nitrogens with zero attached hydrogens (tertiary/aromatic N) is 1. The Morgan fingerprint density at radius 3 is 2.55 bits per heavy atom. The maximum atomic E-state index is 10.6. The quantitative estimate of drug-likeness (QED) is 0.653. The molecule has 0 aliphatic carbocycles. The zero-order chi connectivity index (χ0) is 22.0. The Labute approximate surface area is 184 Å². The van der Waals surface area contributed by atoms with Crippen LogP contribution in [0.1, 0.15) is 48.9 Å². The van der Waals surface area contributed by atoms with Crippen LogP contribution in [0.25, 0.3) is 11.3 Å². The molecule has 166 valence electrons. The highest BCUT2D eigenvalue weighted by molar-refractivity contribution is 5.91. The fourth-order valence-electron chi connectivity index (χ4n) is 4.17. The number of rotatable bonds is 6. The second-order valence-corrected chi connectivity index (χ2v) is 8.54. The zero-order valence-corrected chi connectivity index (χ0v) is 18.5. The monoisotopic (exact) mass is 424 g/mol. The molecule has 0 saturated carbocycles. The lowest BCUT2D eigenvalue weighted by Gasteiger charge is -2.23. The lowest BCUT2D eigenvalue weighted by atomic mass is 9.95. The Morgan fingerprint density at radius 2 is 1.90 bits per heavy atom. The van der Waals surface area contributed by atoms with E-state index in [9.17, 15) is 10.2 Å². The summed E-state index contributed by atoms with van der Waals surface area (Å²) in [5.74, 6) is 0.898. The van der Waals surface area contributed by atoms with Crippen molar-refractivity contribution >= 4 is 11.3 Å². The number of ether oxygens (including phenoxy) is 1. The predicted molar refractivity (Wildman–Crippen MR) is 122 cm³/mol. The zero-order valence-electron chi connectivity index (χ0n) is 18.5. The van der Waals surface area contributed by atoms with Gasteiger partial charge in [0.05, 0.1) is 24.8 Å². The van der Waals surface area contributed by atoms with Gasteiger partial charge in [0.25, 0.3) is 0 Å². The van der Waals surface area contributed by atoms with Crippen molar-refractivity contribution in [3.05, 3.63) is 58.7 Å². The number of aromatic hydroxyl groups is 2. The molecule has 2 aromatic rings. The van der Waals surface area contributed by atoms with Crippen LogP contribution in [0.2, 0.25) is 0 Å². The SMILES string of the molecule is CCN1CC(c2ccc(CC3CNCCO3)cc2)=C(c2cc(C(C)C)c(O)cc2O)O1. The minimum absolute atomic E-state index is 0.0194. The molecule has 1 unspecified atom stereocenters. The Kier molecular flexibility index (Phi) is 6.51. The largest absolute Gasteiger partial charge is 0.508 e. The Morgan fingerprint density at radius 1 is 1.13 bits per heavy atom. The van der Waals surface area contributed by atoms with Gasteiger partial charge in [0.2, 0.25) is 0 Å². The number of hydrogen-bond acceptors (Lipinski definition) is 6. The van der Waals surface area contributed by atoms with Crippen LogP contribution in [0.5, 0.6) is 11.5 Å². The summed E-state index contributed by atoms with van der Waals surface area (Å²) in [6.07, 6.45) is 1.09. The van der Waals surface area contributed by atoms with E-state index in [1.54, 1.807) is 0 Å². The average molecular weight is 425 g/mol. The Hall–Kier alpha value is -2.54. The normalized spacial score (nSPS) is 19.8. The molecule has 0 radical (unpaired) electrons. The first-order valence-electron chi connectivity index (χ1n) is 11.1. The summed E-state index contributed by atoms with van der Waals surface area (Å²) in [5.41, 5.74) is 4.73. The molecule has 0 spiro atoms. The molecule has 0 amide bonds. The lowest BCUT2D eigenvalue weighted by molar-refractivity contribution is -0.0556. The van der Waals surface area contributed by atoms with E-state index in [0.29, 0.717) is 17.9 Å². The van der Waals surface area contributed by atoms with Crippen LogP contribution in [0.3, 0.4) is 0 Å². The number of morpholine rings is 1. The van der Waals surface area contributed by atoms with Crippen LogP contribution in [0.15, 0.2) is 36.4 Å². The van der Waals surface area contributed by atoms with Crippen LogP contribution >= 0.6 is 0 Å². The average Bonchev–Trinajstić information content (AvgIpc) is 3.19. The fraction of sp³-hybridized carbons (Fsp3) is 0.440. The number of nitrogens with one attached hydrogen (secondary N) is 1. The maximum absolute atomic E-state index is 10.6. The van der Waals surface area contributed by atoms with E-state index in [0.717, 1.165) is 49.4 Å². The summed E-state index contributed by atoms with van der Waals surface area (Å²) in [6, 6.07) is 11.8. The fourth-order valence-corrected chi connectivity index (χ4v) is 4.17. The molecule has 2 aliphatic rings. The van der Waals surface area contributed by atoms with Crippen LogP contribution in [-0.4, -0.2) is 54.2 Å². The van der Waals surface area contributed by atoms with Crippen LogP contribution in [0.4, 0.5) is 0 Å². The highest BCUT2D eigenvalue weighted by Crippen LogP contribution is 2.41. The smallest absolute Gasteiger partial charge is 0.163 e. The molecule has 6 nitrogen and oxygen atoms in total. The van der Waals surface area contributed by atoms with Gasteiger partial charge in [-0.3, -0.25) is 0 Å². The van der Waals surface area contributed by atoms with Gasteiger partial charge in [0.1, 0.15) is 11.5 Å². The summed E-state index contributed by atoms with van der Waals surface area (Å²) >= 11 is 0. The number of benzene rings is 2. The van der Waals surface area contributed by atoms with Crippen molar-refractivity contribution in [2.75, 3.05) is 32.8 Å². The molecule has 2 aliphatic heterocycles. The molecule has 6 heteroatoms. The number of hydroxylamine groups is 2. The van der Waals surface area contributed by atoms with E-state index in [4.69, 9.17) is 9.57 Å². The van der Waals surface area contributed by atoms with Crippen molar-refractivity contribution in [2.24, 2.45) is 0 Å². The summed E-state index contributed by atoms with van der Waals surface area (Å²) < 4.78 is 5.82. The third-order valence-corrected chi connectivity index (χ3v) is 5.96. The topological polar surface area (TPSA) is 74.2 Å². The summed E-state index contributed by atoms with van der Waals surface area (Å²) in [4.78, 5) is 6.11. The minimum Gasteiger partial charge on any atom is -0.508 e. The second kappa shape index (κ2) is 9.30. The first kappa shape index (κ1) is 21.7. The van der Waals surface area contributed by atoms with Gasteiger partial charge in [-0.1, -0.05) is 38.1 Å². The first-order valence-corrected chi connectivity index (χ1v) is 11.1. The van der Waals surface area contributed by atoms with Gasteiger partial charge < -0.3 is 25.1 Å². The van der Waals surface area contributed by atoms with Gasteiger partial charge >= 0.3 is 0 Å². The van der Waals surface area contributed by atoms with Gasteiger partial charge in [0.15, 0.2) is 5.76 Å². The highest BCUT2D eigenvalue weighted by atomic mass is 16.7. The highest BCUT2D eigenvalue weighted by Gasteiger charge is 2.28. The Bertz CT molecular complexity index is 947. The second-order valence-electron chi connectivity index (χ2n) is 8.54.